The summed E-state index contributed by atoms with van der Waals surface area (Å²) in [7, 11) is 0. The summed E-state index contributed by atoms with van der Waals surface area (Å²) in [4.78, 5) is 29.0. The smallest absolute Gasteiger partial charge is 0.239 e. The van der Waals surface area contributed by atoms with Crippen molar-refractivity contribution in [3.8, 4) is 0 Å². The van der Waals surface area contributed by atoms with E-state index in [0.29, 0.717) is 19.6 Å². The Labute approximate surface area is 155 Å². The minimum Gasteiger partial charge on any atom is -0.339 e. The molecular formula is C20H30N4O2. The molecule has 6 heteroatoms. The first-order valence-corrected chi connectivity index (χ1v) is 9.65. The summed E-state index contributed by atoms with van der Waals surface area (Å²) in [5.74, 6) is 0.233. The fourth-order valence-corrected chi connectivity index (χ4v) is 3.69. The molecule has 142 valence electrons. The highest BCUT2D eigenvalue weighted by Crippen LogP contribution is 2.18. The number of benzene rings is 1. The predicted molar refractivity (Wildman–Crippen MR) is 103 cm³/mol. The van der Waals surface area contributed by atoms with Gasteiger partial charge in [-0.15, -0.1) is 0 Å². The third-order valence-electron chi connectivity index (χ3n) is 5.54. The number of aryl methyl sites for hydroxylation is 1. The lowest BCUT2D eigenvalue weighted by Crippen LogP contribution is -2.55. The van der Waals surface area contributed by atoms with Gasteiger partial charge in [-0.05, 0) is 50.4 Å². The minimum absolute atomic E-state index is 0.00687. The van der Waals surface area contributed by atoms with Crippen molar-refractivity contribution in [3.05, 3.63) is 29.3 Å². The summed E-state index contributed by atoms with van der Waals surface area (Å²) >= 11 is 0. The van der Waals surface area contributed by atoms with Crippen LogP contribution in [0.25, 0.3) is 0 Å². The Hall–Kier alpha value is -1.92. The average molecular weight is 358 g/mol. The van der Waals surface area contributed by atoms with Crippen molar-refractivity contribution in [1.29, 1.82) is 0 Å². The molecule has 0 aromatic heterocycles. The van der Waals surface area contributed by atoms with Crippen LogP contribution in [-0.4, -0.2) is 66.9 Å². The zero-order chi connectivity index (χ0) is 18.5. The second kappa shape index (κ2) is 8.64. The quantitative estimate of drug-likeness (QED) is 0.857. The van der Waals surface area contributed by atoms with E-state index >= 15 is 0 Å². The van der Waals surface area contributed by atoms with Gasteiger partial charge in [-0.2, -0.15) is 0 Å². The van der Waals surface area contributed by atoms with Crippen LogP contribution < -0.4 is 10.6 Å². The minimum atomic E-state index is -0.0112. The molecule has 2 heterocycles. The summed E-state index contributed by atoms with van der Waals surface area (Å²) in [5, 5.41) is 6.34. The van der Waals surface area contributed by atoms with Crippen LogP contribution in [0.1, 0.15) is 30.4 Å². The molecule has 2 N–H and O–H groups in total. The Morgan fingerprint density at radius 3 is 2.62 bits per heavy atom. The molecule has 2 aliphatic rings. The normalized spacial score (nSPS) is 21.5. The molecule has 0 saturated carbocycles. The van der Waals surface area contributed by atoms with Gasteiger partial charge in [-0.25, -0.2) is 0 Å². The molecule has 0 aliphatic carbocycles. The van der Waals surface area contributed by atoms with Gasteiger partial charge < -0.3 is 15.5 Å². The van der Waals surface area contributed by atoms with Gasteiger partial charge in [0.15, 0.2) is 0 Å². The average Bonchev–Trinajstić information content (AvgIpc) is 2.66. The van der Waals surface area contributed by atoms with Gasteiger partial charge in [-0.1, -0.05) is 18.6 Å². The highest BCUT2D eigenvalue weighted by atomic mass is 16.2. The van der Waals surface area contributed by atoms with E-state index in [-0.39, 0.29) is 17.9 Å². The Balaban J connectivity index is 1.45. The summed E-state index contributed by atoms with van der Waals surface area (Å²) in [6.07, 6.45) is 3.23. The predicted octanol–water partition coefficient (Wildman–Crippen LogP) is 1.53. The fraction of sp³-hybridized carbons (Fsp3) is 0.600. The second-order valence-electron chi connectivity index (χ2n) is 7.40. The van der Waals surface area contributed by atoms with Crippen LogP contribution >= 0.6 is 0 Å². The number of hydrogen-bond donors (Lipinski definition) is 2. The lowest BCUT2D eigenvalue weighted by atomic mass is 10.0. The van der Waals surface area contributed by atoms with Crippen molar-refractivity contribution in [3.63, 3.8) is 0 Å². The van der Waals surface area contributed by atoms with Crippen molar-refractivity contribution in [1.82, 2.24) is 15.1 Å². The van der Waals surface area contributed by atoms with E-state index in [9.17, 15) is 9.59 Å². The van der Waals surface area contributed by atoms with Gasteiger partial charge in [0, 0.05) is 31.9 Å². The molecule has 1 aromatic rings. The van der Waals surface area contributed by atoms with Crippen LogP contribution in [0.5, 0.6) is 0 Å². The van der Waals surface area contributed by atoms with Crippen LogP contribution in [0.4, 0.5) is 5.69 Å². The van der Waals surface area contributed by atoms with Crippen molar-refractivity contribution < 1.29 is 9.59 Å². The first-order valence-electron chi connectivity index (χ1n) is 9.65. The molecule has 0 unspecified atom stereocenters. The highest BCUT2D eigenvalue weighted by molar-refractivity contribution is 5.93. The Kier molecular flexibility index (Phi) is 6.27. The number of anilines is 1. The number of nitrogens with zero attached hydrogens (tertiary/aromatic N) is 2. The molecule has 2 saturated heterocycles. The molecule has 26 heavy (non-hydrogen) atoms. The third-order valence-corrected chi connectivity index (χ3v) is 5.54. The van der Waals surface area contributed by atoms with Crippen LogP contribution in [0, 0.1) is 13.8 Å². The monoisotopic (exact) mass is 358 g/mol. The van der Waals surface area contributed by atoms with Crippen LogP contribution in [0.3, 0.4) is 0 Å². The Bertz CT molecular complexity index is 647. The molecule has 2 aliphatic heterocycles. The largest absolute Gasteiger partial charge is 0.339 e. The summed E-state index contributed by atoms with van der Waals surface area (Å²) in [5.41, 5.74) is 3.16. The van der Waals surface area contributed by atoms with Gasteiger partial charge in [0.25, 0.3) is 0 Å². The van der Waals surface area contributed by atoms with E-state index in [0.717, 1.165) is 50.1 Å². The SMILES string of the molecule is Cc1cccc(NC(=O)CN2CCN(C(=O)[C@H]3CCCCN3)CC2)c1C. The van der Waals surface area contributed by atoms with E-state index in [1.807, 2.05) is 36.9 Å². The first-order chi connectivity index (χ1) is 12.5. The van der Waals surface area contributed by atoms with Gasteiger partial charge in [0.1, 0.15) is 0 Å². The lowest BCUT2D eigenvalue weighted by Gasteiger charge is -2.37. The number of piperazine rings is 1. The van der Waals surface area contributed by atoms with Gasteiger partial charge >= 0.3 is 0 Å². The number of rotatable bonds is 4. The molecule has 6 nitrogen and oxygen atoms in total. The van der Waals surface area contributed by atoms with Gasteiger partial charge in [0.2, 0.25) is 11.8 Å². The second-order valence-corrected chi connectivity index (χ2v) is 7.40. The third kappa shape index (κ3) is 4.62. The molecule has 0 spiro atoms. The molecule has 3 rings (SSSR count). The van der Waals surface area contributed by atoms with Crippen molar-refractivity contribution in [2.45, 2.75) is 39.2 Å². The number of carbonyl (C=O) groups is 2. The molecule has 0 bridgehead atoms. The zero-order valence-electron chi connectivity index (χ0n) is 15.9. The van der Waals surface area contributed by atoms with Gasteiger partial charge in [0.05, 0.1) is 12.6 Å². The highest BCUT2D eigenvalue weighted by Gasteiger charge is 2.28. The number of hydrogen-bond acceptors (Lipinski definition) is 4. The molecule has 2 fully saturated rings. The Morgan fingerprint density at radius 1 is 1.15 bits per heavy atom. The standard InChI is InChI=1S/C20H30N4O2/c1-15-6-5-8-17(16(15)2)22-19(25)14-23-10-12-24(13-11-23)20(26)18-7-3-4-9-21-18/h5-6,8,18,21H,3-4,7,9-14H2,1-2H3,(H,22,25)/t18-/m1/s1. The van der Waals surface area contributed by atoms with Crippen LogP contribution in [-0.2, 0) is 9.59 Å². The Morgan fingerprint density at radius 2 is 1.92 bits per heavy atom. The fourth-order valence-electron chi connectivity index (χ4n) is 3.69. The van der Waals surface area contributed by atoms with E-state index < -0.39 is 0 Å². The summed E-state index contributed by atoms with van der Waals surface area (Å²) in [6.45, 7) is 8.28. The maximum absolute atomic E-state index is 12.6. The zero-order valence-corrected chi connectivity index (χ0v) is 15.9. The summed E-state index contributed by atoms with van der Waals surface area (Å²) < 4.78 is 0. The lowest BCUT2D eigenvalue weighted by molar-refractivity contribution is -0.135. The van der Waals surface area contributed by atoms with E-state index in [1.54, 1.807) is 0 Å². The number of piperidine rings is 1. The number of amides is 2. The number of carbonyl (C=O) groups excluding carboxylic acids is 2. The summed E-state index contributed by atoms with van der Waals surface area (Å²) in [6, 6.07) is 5.93. The molecule has 1 aromatic carbocycles. The van der Waals surface area contributed by atoms with Crippen molar-refractivity contribution in [2.75, 3.05) is 44.6 Å². The van der Waals surface area contributed by atoms with Crippen LogP contribution in [0.2, 0.25) is 0 Å². The van der Waals surface area contributed by atoms with Crippen molar-refractivity contribution >= 4 is 17.5 Å². The molecule has 1 atom stereocenters. The topological polar surface area (TPSA) is 64.7 Å². The number of nitrogens with one attached hydrogen (secondary N) is 2. The molecule has 2 amide bonds. The maximum Gasteiger partial charge on any atom is 0.239 e. The molecular weight excluding hydrogens is 328 g/mol. The van der Waals surface area contributed by atoms with Crippen molar-refractivity contribution in [2.24, 2.45) is 0 Å². The maximum atomic E-state index is 12.6. The van der Waals surface area contributed by atoms with Crippen LogP contribution in [0.15, 0.2) is 18.2 Å². The van der Waals surface area contributed by atoms with Gasteiger partial charge in [-0.3, -0.25) is 14.5 Å². The first kappa shape index (κ1) is 18.9. The van der Waals surface area contributed by atoms with E-state index in [1.165, 1.54) is 5.56 Å². The van der Waals surface area contributed by atoms with E-state index in [2.05, 4.69) is 15.5 Å². The molecule has 0 radical (unpaired) electrons. The van der Waals surface area contributed by atoms with E-state index in [4.69, 9.17) is 0 Å².